The van der Waals surface area contributed by atoms with Gasteiger partial charge in [0.25, 0.3) is 0 Å². The van der Waals surface area contributed by atoms with Gasteiger partial charge in [-0.1, -0.05) is 4.47 Å². The number of ether oxygens (including phenoxy) is 1. The smallest absolute Gasteiger partial charge is 0.414 e. The van der Waals surface area contributed by atoms with Crippen molar-refractivity contribution in [2.24, 2.45) is 5.73 Å². The summed E-state index contributed by atoms with van der Waals surface area (Å²) in [4.78, 5) is 20.1. The van der Waals surface area contributed by atoms with Crippen molar-refractivity contribution in [1.29, 1.82) is 0 Å². The molecule has 2 heterocycles. The summed E-state index contributed by atoms with van der Waals surface area (Å²) in [6.45, 7) is 0.467. The Morgan fingerprint density at radius 1 is 1.29 bits per heavy atom. The maximum Gasteiger partial charge on any atom is 0.414 e. The van der Waals surface area contributed by atoms with Gasteiger partial charge in [-0.2, -0.15) is 0 Å². The topological polar surface area (TPSA) is 126 Å². The molecule has 1 aromatic rings. The van der Waals surface area contributed by atoms with Gasteiger partial charge in [-0.05, 0) is 18.2 Å². The summed E-state index contributed by atoms with van der Waals surface area (Å²) < 4.78 is 44.7. The van der Waals surface area contributed by atoms with Crippen molar-refractivity contribution in [2.45, 2.75) is 6.10 Å². The summed E-state index contributed by atoms with van der Waals surface area (Å²) in [5, 5.41) is 8.87. The first-order valence-electron chi connectivity index (χ1n) is 8.82. The maximum absolute atomic E-state index is 14.7. The van der Waals surface area contributed by atoms with Crippen molar-refractivity contribution in [3.05, 3.63) is 24.0 Å². The van der Waals surface area contributed by atoms with Gasteiger partial charge < -0.3 is 20.5 Å². The molecular weight excluding hydrogens is 395 g/mol. The molecule has 2 saturated heterocycles. The molecule has 3 N–H and O–H groups in total. The van der Waals surface area contributed by atoms with E-state index in [1.165, 1.54) is 17.0 Å². The molecule has 10 nitrogen and oxygen atoms in total. The molecular formula is C16H23FN4O6S. The molecule has 0 aliphatic carbocycles. The number of nitrogens with two attached hydrogens (primary N) is 1. The number of anilines is 2. The number of hydrogen-bond donors (Lipinski definition) is 2. The number of hydrogen-bond acceptors (Lipinski definition) is 8. The number of rotatable bonds is 6. The van der Waals surface area contributed by atoms with Crippen LogP contribution in [0.3, 0.4) is 0 Å². The van der Waals surface area contributed by atoms with Crippen LogP contribution in [0.5, 0.6) is 0 Å². The van der Waals surface area contributed by atoms with Crippen molar-refractivity contribution in [3.8, 4) is 0 Å². The van der Waals surface area contributed by atoms with Crippen LogP contribution in [-0.4, -0.2) is 81.9 Å². The highest BCUT2D eigenvalue weighted by Gasteiger charge is 2.32. The molecule has 1 atom stereocenters. The largest absolute Gasteiger partial charge is 0.443 e. The quantitative estimate of drug-likeness (QED) is 0.633. The first-order chi connectivity index (χ1) is 13.4. The van der Waals surface area contributed by atoms with Crippen LogP contribution < -0.4 is 15.5 Å². The number of halogens is 1. The normalized spacial score (nSPS) is 21.7. The third-order valence-corrected chi connectivity index (χ3v) is 6.14. The van der Waals surface area contributed by atoms with E-state index >= 15 is 0 Å². The standard InChI is InChI=1S/C16H23FN4O6S/c17-14-9-12(20-11-13(10-18)27-16(20)23)1-2-15(14)19-3-4-21(26-7-5-19)28(24,25)8-6-22/h1-2,9,13,22H,3-8,10-11,18H2/t13-/m0/s1. The molecule has 2 aliphatic rings. The van der Waals surface area contributed by atoms with Gasteiger partial charge >= 0.3 is 6.09 Å². The molecule has 0 spiro atoms. The number of carbonyl (C=O) groups is 1. The lowest BCUT2D eigenvalue weighted by atomic mass is 10.2. The molecule has 156 valence electrons. The monoisotopic (exact) mass is 418 g/mol. The molecule has 12 heteroatoms. The van der Waals surface area contributed by atoms with Crippen molar-refractivity contribution < 1.29 is 32.3 Å². The first-order valence-corrected chi connectivity index (χ1v) is 10.4. The predicted octanol–water partition coefficient (Wildman–Crippen LogP) is -0.515. The molecule has 0 bridgehead atoms. The highest BCUT2D eigenvalue weighted by atomic mass is 32.2. The number of benzene rings is 1. The van der Waals surface area contributed by atoms with Gasteiger partial charge in [0, 0.05) is 19.6 Å². The van der Waals surface area contributed by atoms with Crippen LogP contribution in [0.4, 0.5) is 20.6 Å². The van der Waals surface area contributed by atoms with E-state index in [1.807, 2.05) is 0 Å². The maximum atomic E-state index is 14.7. The number of sulfonamides is 1. The summed E-state index contributed by atoms with van der Waals surface area (Å²) in [6, 6.07) is 4.37. The zero-order valence-electron chi connectivity index (χ0n) is 15.2. The van der Waals surface area contributed by atoms with Crippen LogP contribution >= 0.6 is 0 Å². The number of aliphatic hydroxyl groups is 1. The third-order valence-electron chi connectivity index (χ3n) is 4.53. The second-order valence-electron chi connectivity index (χ2n) is 6.37. The second-order valence-corrected chi connectivity index (χ2v) is 8.35. The Morgan fingerprint density at radius 2 is 2.07 bits per heavy atom. The molecule has 0 radical (unpaired) electrons. The molecule has 0 unspecified atom stereocenters. The lowest BCUT2D eigenvalue weighted by Gasteiger charge is -2.23. The molecule has 1 amide bonds. The fourth-order valence-corrected chi connectivity index (χ4v) is 4.11. The predicted molar refractivity (Wildman–Crippen MR) is 98.8 cm³/mol. The van der Waals surface area contributed by atoms with Crippen molar-refractivity contribution >= 4 is 27.5 Å². The summed E-state index contributed by atoms with van der Waals surface area (Å²) in [5.74, 6) is -0.987. The van der Waals surface area contributed by atoms with Crippen molar-refractivity contribution in [1.82, 2.24) is 4.47 Å². The van der Waals surface area contributed by atoms with Crippen molar-refractivity contribution in [2.75, 3.05) is 61.5 Å². The number of nitrogens with zero attached hydrogens (tertiary/aromatic N) is 3. The zero-order chi connectivity index (χ0) is 20.3. The van der Waals surface area contributed by atoms with Gasteiger partial charge in [0.2, 0.25) is 10.0 Å². The van der Waals surface area contributed by atoms with Gasteiger partial charge in [0.05, 0.1) is 43.4 Å². The zero-order valence-corrected chi connectivity index (χ0v) is 16.0. The average Bonchev–Trinajstić information content (AvgIpc) is 2.86. The second kappa shape index (κ2) is 8.57. The summed E-state index contributed by atoms with van der Waals surface area (Å²) in [7, 11) is -3.73. The van der Waals surface area contributed by atoms with E-state index in [0.717, 1.165) is 4.47 Å². The molecule has 28 heavy (non-hydrogen) atoms. The summed E-state index contributed by atoms with van der Waals surface area (Å²) >= 11 is 0. The highest BCUT2D eigenvalue weighted by molar-refractivity contribution is 7.88. The van der Waals surface area contributed by atoms with Gasteiger partial charge in [0.15, 0.2) is 0 Å². The minimum atomic E-state index is -3.73. The Bertz CT molecular complexity index is 823. The molecule has 2 aliphatic heterocycles. The minimum Gasteiger partial charge on any atom is -0.443 e. The van der Waals surface area contributed by atoms with Crippen LogP contribution in [0.15, 0.2) is 18.2 Å². The number of hydroxylamine groups is 1. The fraction of sp³-hybridized carbons (Fsp3) is 0.562. The lowest BCUT2D eigenvalue weighted by Crippen LogP contribution is -2.36. The molecule has 2 fully saturated rings. The number of carbonyl (C=O) groups excluding carboxylic acids is 1. The third kappa shape index (κ3) is 4.36. The van der Waals surface area contributed by atoms with Crippen LogP contribution in [0.25, 0.3) is 0 Å². The van der Waals surface area contributed by atoms with Crippen LogP contribution in [0.2, 0.25) is 0 Å². The van der Waals surface area contributed by atoms with Gasteiger partial charge in [-0.25, -0.2) is 17.6 Å². The fourth-order valence-electron chi connectivity index (χ4n) is 3.08. The Kier molecular flexibility index (Phi) is 6.35. The van der Waals surface area contributed by atoms with Gasteiger partial charge in [0.1, 0.15) is 11.9 Å². The van der Waals surface area contributed by atoms with Crippen molar-refractivity contribution in [3.63, 3.8) is 0 Å². The van der Waals surface area contributed by atoms with Gasteiger partial charge in [-0.15, -0.1) is 0 Å². The highest BCUT2D eigenvalue weighted by Crippen LogP contribution is 2.28. The molecule has 1 aromatic carbocycles. The summed E-state index contributed by atoms with van der Waals surface area (Å²) in [5.41, 5.74) is 6.14. The average molecular weight is 418 g/mol. The molecule has 0 aromatic heterocycles. The van der Waals surface area contributed by atoms with E-state index in [1.54, 1.807) is 11.0 Å². The van der Waals surface area contributed by atoms with E-state index in [4.69, 9.17) is 20.4 Å². The van der Waals surface area contributed by atoms with Crippen LogP contribution in [-0.2, 0) is 19.6 Å². The van der Waals surface area contributed by atoms with Crippen LogP contribution in [0, 0.1) is 5.82 Å². The Morgan fingerprint density at radius 3 is 2.71 bits per heavy atom. The molecule has 0 saturated carbocycles. The van der Waals surface area contributed by atoms with E-state index in [-0.39, 0.29) is 45.0 Å². The minimum absolute atomic E-state index is 0.000154. The number of cyclic esters (lactones) is 1. The van der Waals surface area contributed by atoms with E-state index in [2.05, 4.69) is 0 Å². The Balaban J connectivity index is 1.72. The Labute approximate surface area is 162 Å². The lowest BCUT2D eigenvalue weighted by molar-refractivity contribution is -0.0702. The van der Waals surface area contributed by atoms with E-state index in [0.29, 0.717) is 5.69 Å². The Hall–Kier alpha value is -1.99. The SMILES string of the molecule is NC[C@H]1CN(c2ccc(N3CCON(S(=O)(=O)CCO)CC3)c(F)c2)C(=O)O1. The number of amides is 1. The van der Waals surface area contributed by atoms with E-state index in [9.17, 15) is 17.6 Å². The van der Waals surface area contributed by atoms with E-state index < -0.39 is 40.4 Å². The van der Waals surface area contributed by atoms with Crippen LogP contribution in [0.1, 0.15) is 0 Å². The number of aliphatic hydroxyl groups excluding tert-OH is 1. The summed E-state index contributed by atoms with van der Waals surface area (Å²) in [6.07, 6.45) is -1.000. The van der Waals surface area contributed by atoms with Gasteiger partial charge in [-0.3, -0.25) is 9.74 Å². The first kappa shape index (κ1) is 20.7. The molecule has 3 rings (SSSR count).